The van der Waals surface area contributed by atoms with Gasteiger partial charge in [0.15, 0.2) is 0 Å². The lowest BCUT2D eigenvalue weighted by molar-refractivity contribution is -0.126. The van der Waals surface area contributed by atoms with Crippen molar-refractivity contribution in [3.05, 3.63) is 59.4 Å². The first kappa shape index (κ1) is 19.7. The zero-order valence-corrected chi connectivity index (χ0v) is 15.1. The quantitative estimate of drug-likeness (QED) is 0.820. The minimum absolute atomic E-state index is 0.000314. The maximum Gasteiger partial charge on any atom is 0.387 e. The average Bonchev–Trinajstić information content (AvgIpc) is 3.02. The van der Waals surface area contributed by atoms with Gasteiger partial charge in [0.1, 0.15) is 11.6 Å². The van der Waals surface area contributed by atoms with Crippen LogP contribution in [0, 0.1) is 18.7 Å². The molecule has 0 aromatic heterocycles. The summed E-state index contributed by atoms with van der Waals surface area (Å²) in [6.45, 7) is -0.865. The predicted molar refractivity (Wildman–Crippen MR) is 96.5 cm³/mol. The Hall–Kier alpha value is -3.03. The van der Waals surface area contributed by atoms with E-state index in [0.29, 0.717) is 5.56 Å². The molecule has 1 fully saturated rings. The number of nitrogens with zero attached hydrogens (tertiary/aromatic N) is 1. The molecule has 2 aromatic rings. The van der Waals surface area contributed by atoms with Crippen molar-refractivity contribution < 1.29 is 27.5 Å². The summed E-state index contributed by atoms with van der Waals surface area (Å²) >= 11 is 0. The first-order valence-corrected chi connectivity index (χ1v) is 8.71. The second-order valence-electron chi connectivity index (χ2n) is 6.60. The Bertz CT molecular complexity index is 871. The lowest BCUT2D eigenvalue weighted by atomic mass is 10.1. The summed E-state index contributed by atoms with van der Waals surface area (Å²) in [7, 11) is 0. The fraction of sp³-hybridized carbons (Fsp3) is 0.300. The van der Waals surface area contributed by atoms with E-state index >= 15 is 0 Å². The van der Waals surface area contributed by atoms with Crippen molar-refractivity contribution in [1.29, 1.82) is 0 Å². The van der Waals surface area contributed by atoms with Crippen molar-refractivity contribution >= 4 is 17.5 Å². The number of benzene rings is 2. The van der Waals surface area contributed by atoms with Crippen molar-refractivity contribution in [2.24, 2.45) is 5.92 Å². The maximum absolute atomic E-state index is 14.1. The number of alkyl halides is 2. The molecular formula is C20H19F3N2O3. The molecule has 1 N–H and O–H groups in total. The minimum Gasteiger partial charge on any atom is -0.435 e. The van der Waals surface area contributed by atoms with Gasteiger partial charge in [-0.15, -0.1) is 0 Å². The van der Waals surface area contributed by atoms with Gasteiger partial charge in [-0.1, -0.05) is 18.2 Å². The zero-order chi connectivity index (χ0) is 20.3. The number of aryl methyl sites for hydroxylation is 1. The second-order valence-corrected chi connectivity index (χ2v) is 6.60. The Morgan fingerprint density at radius 1 is 1.25 bits per heavy atom. The van der Waals surface area contributed by atoms with Crippen molar-refractivity contribution in [3.63, 3.8) is 0 Å². The smallest absolute Gasteiger partial charge is 0.387 e. The monoisotopic (exact) mass is 392 g/mol. The second kappa shape index (κ2) is 8.33. The summed E-state index contributed by atoms with van der Waals surface area (Å²) in [5.74, 6) is -1.69. The molecule has 3 rings (SSSR count). The van der Waals surface area contributed by atoms with E-state index < -0.39 is 18.3 Å². The topological polar surface area (TPSA) is 58.6 Å². The molecule has 1 saturated heterocycles. The van der Waals surface area contributed by atoms with Gasteiger partial charge in [0, 0.05) is 19.5 Å². The Morgan fingerprint density at radius 3 is 2.61 bits per heavy atom. The first-order chi connectivity index (χ1) is 13.3. The molecule has 1 aliphatic rings. The molecule has 0 radical (unpaired) electrons. The van der Waals surface area contributed by atoms with Gasteiger partial charge in [-0.25, -0.2) is 4.39 Å². The minimum atomic E-state index is -2.90. The van der Waals surface area contributed by atoms with E-state index in [-0.39, 0.29) is 42.8 Å². The molecule has 2 amide bonds. The molecule has 0 saturated carbocycles. The van der Waals surface area contributed by atoms with E-state index in [4.69, 9.17) is 0 Å². The number of anilines is 1. The maximum atomic E-state index is 14.1. The van der Waals surface area contributed by atoms with Crippen LogP contribution in [0.1, 0.15) is 17.5 Å². The summed E-state index contributed by atoms with van der Waals surface area (Å²) in [6, 6.07) is 10.5. The Labute approximate surface area is 160 Å². The van der Waals surface area contributed by atoms with Crippen LogP contribution in [0.3, 0.4) is 0 Å². The zero-order valence-electron chi connectivity index (χ0n) is 15.1. The lowest BCUT2D eigenvalue weighted by Gasteiger charge is -2.18. The number of carbonyl (C=O) groups is 2. The van der Waals surface area contributed by atoms with Gasteiger partial charge in [-0.2, -0.15) is 8.78 Å². The van der Waals surface area contributed by atoms with E-state index in [1.54, 1.807) is 25.1 Å². The third-order valence-electron chi connectivity index (χ3n) is 4.51. The highest BCUT2D eigenvalue weighted by Gasteiger charge is 2.36. The van der Waals surface area contributed by atoms with E-state index in [9.17, 15) is 22.8 Å². The molecule has 28 heavy (non-hydrogen) atoms. The highest BCUT2D eigenvalue weighted by Crippen LogP contribution is 2.28. The number of hydrogen-bond donors (Lipinski definition) is 1. The predicted octanol–water partition coefficient (Wildman–Crippen LogP) is 3.40. The van der Waals surface area contributed by atoms with Crippen LogP contribution < -0.4 is 15.0 Å². The molecule has 5 nitrogen and oxygen atoms in total. The van der Waals surface area contributed by atoms with E-state index in [2.05, 4.69) is 10.1 Å². The molecule has 0 bridgehead atoms. The van der Waals surface area contributed by atoms with Gasteiger partial charge in [0.25, 0.3) is 0 Å². The average molecular weight is 392 g/mol. The summed E-state index contributed by atoms with van der Waals surface area (Å²) in [6.07, 6.45) is 0.000314. The van der Waals surface area contributed by atoms with Crippen LogP contribution in [0.5, 0.6) is 5.75 Å². The fourth-order valence-electron chi connectivity index (χ4n) is 3.07. The number of carbonyl (C=O) groups excluding carboxylic acids is 2. The van der Waals surface area contributed by atoms with Crippen LogP contribution in [0.25, 0.3) is 0 Å². The van der Waals surface area contributed by atoms with Crippen molar-refractivity contribution in [2.45, 2.75) is 26.5 Å². The van der Waals surface area contributed by atoms with E-state index in [1.807, 2.05) is 0 Å². The van der Waals surface area contributed by atoms with E-state index in [1.165, 1.54) is 29.2 Å². The highest BCUT2D eigenvalue weighted by molar-refractivity contribution is 6.00. The van der Waals surface area contributed by atoms with Crippen LogP contribution in [0.4, 0.5) is 18.9 Å². The van der Waals surface area contributed by atoms with Gasteiger partial charge in [-0.3, -0.25) is 9.59 Å². The summed E-state index contributed by atoms with van der Waals surface area (Å²) in [5.41, 5.74) is 1.61. The Morgan fingerprint density at radius 2 is 1.96 bits per heavy atom. The van der Waals surface area contributed by atoms with Gasteiger partial charge >= 0.3 is 6.61 Å². The molecule has 8 heteroatoms. The number of halogens is 3. The van der Waals surface area contributed by atoms with Crippen LogP contribution >= 0.6 is 0 Å². The first-order valence-electron chi connectivity index (χ1n) is 8.71. The molecule has 0 spiro atoms. The largest absolute Gasteiger partial charge is 0.435 e. The third-order valence-corrected chi connectivity index (χ3v) is 4.51. The molecule has 1 aliphatic heterocycles. The molecule has 148 valence electrons. The van der Waals surface area contributed by atoms with Crippen LogP contribution in [-0.2, 0) is 16.1 Å². The summed E-state index contributed by atoms with van der Waals surface area (Å²) < 4.78 is 42.7. The van der Waals surface area contributed by atoms with Crippen LogP contribution in [-0.4, -0.2) is 25.0 Å². The molecular weight excluding hydrogens is 373 g/mol. The van der Waals surface area contributed by atoms with Crippen LogP contribution in [0.15, 0.2) is 42.5 Å². The molecule has 1 heterocycles. The standard InChI is InChI=1S/C20H19F3N2O3/c1-12-2-7-17(16(21)8-12)25-11-14(9-18(25)26)19(27)24-10-13-3-5-15(6-4-13)28-20(22)23/h2-8,14,20H,9-11H2,1H3,(H,24,27). The van der Waals surface area contributed by atoms with Crippen molar-refractivity contribution in [1.82, 2.24) is 5.32 Å². The molecule has 1 atom stereocenters. The highest BCUT2D eigenvalue weighted by atomic mass is 19.3. The van der Waals surface area contributed by atoms with Crippen molar-refractivity contribution in [3.8, 4) is 5.75 Å². The third kappa shape index (κ3) is 4.62. The molecule has 2 aromatic carbocycles. The van der Waals surface area contributed by atoms with Gasteiger partial charge in [-0.05, 0) is 42.3 Å². The van der Waals surface area contributed by atoms with Gasteiger partial charge < -0.3 is 15.0 Å². The number of ether oxygens (including phenoxy) is 1. The lowest BCUT2D eigenvalue weighted by Crippen LogP contribution is -2.32. The number of rotatable bonds is 6. The fourth-order valence-corrected chi connectivity index (χ4v) is 3.07. The van der Waals surface area contributed by atoms with Gasteiger partial charge in [0.05, 0.1) is 11.6 Å². The summed E-state index contributed by atoms with van der Waals surface area (Å²) in [4.78, 5) is 25.9. The Balaban J connectivity index is 1.57. The molecule has 1 unspecified atom stereocenters. The summed E-state index contributed by atoms with van der Waals surface area (Å²) in [5, 5.41) is 2.72. The Kier molecular flexibility index (Phi) is 5.87. The normalized spacial score (nSPS) is 16.5. The van der Waals surface area contributed by atoms with Gasteiger partial charge in [0.2, 0.25) is 11.8 Å². The number of amides is 2. The van der Waals surface area contributed by atoms with Crippen molar-refractivity contribution in [2.75, 3.05) is 11.4 Å². The SMILES string of the molecule is Cc1ccc(N2CC(C(=O)NCc3ccc(OC(F)F)cc3)CC2=O)c(F)c1. The number of hydrogen-bond acceptors (Lipinski definition) is 3. The molecule has 0 aliphatic carbocycles. The number of nitrogens with one attached hydrogen (secondary N) is 1. The van der Waals surface area contributed by atoms with E-state index in [0.717, 1.165) is 5.56 Å². The van der Waals surface area contributed by atoms with Crippen LogP contribution in [0.2, 0.25) is 0 Å².